The van der Waals surface area contributed by atoms with Gasteiger partial charge in [-0.15, -0.1) is 11.3 Å². The number of aryl methyl sites for hydroxylation is 2. The second kappa shape index (κ2) is 7.13. The number of hydrogen-bond acceptors (Lipinski definition) is 8. The van der Waals surface area contributed by atoms with Crippen molar-refractivity contribution in [1.29, 1.82) is 0 Å². The number of carbonyl (C=O) groups excluding carboxylic acids is 1. The monoisotopic (exact) mass is 436 g/mol. The van der Waals surface area contributed by atoms with E-state index in [0.717, 1.165) is 41.7 Å². The van der Waals surface area contributed by atoms with Crippen molar-refractivity contribution in [3.05, 3.63) is 39.4 Å². The van der Waals surface area contributed by atoms with E-state index in [1.54, 1.807) is 13.8 Å². The lowest BCUT2D eigenvalue weighted by atomic mass is 9.98. The van der Waals surface area contributed by atoms with Gasteiger partial charge in [0.15, 0.2) is 15.7 Å². The number of anilines is 1. The Morgan fingerprint density at radius 3 is 2.76 bits per heavy atom. The number of Topliss-reactive ketones (excluding diaryl/α,β-unsaturated/α-hetero) is 1. The number of rotatable bonds is 5. The molecule has 1 aromatic heterocycles. The predicted molar refractivity (Wildman–Crippen MR) is 111 cm³/mol. The van der Waals surface area contributed by atoms with Crippen LogP contribution in [0.1, 0.15) is 58.6 Å². The highest BCUT2D eigenvalue weighted by Gasteiger charge is 2.30. The van der Waals surface area contributed by atoms with Crippen LogP contribution >= 0.6 is 11.3 Å². The maximum atomic E-state index is 12.9. The molecule has 0 fully saturated rings. The Bertz CT molecular complexity index is 1110. The maximum absolute atomic E-state index is 12.9. The van der Waals surface area contributed by atoms with Gasteiger partial charge in [-0.05, 0) is 56.2 Å². The number of aliphatic hydroxyl groups excluding tert-OH is 1. The third-order valence-corrected chi connectivity index (χ3v) is 8.44. The first-order valence-electron chi connectivity index (χ1n) is 9.44. The SMILES string of the molecule is CC(C)(O)c1cnc(S(N)(=O)=NC(O)Nc2c3c(cc4c2C(=O)CC4)CCC3)s1. The van der Waals surface area contributed by atoms with Gasteiger partial charge in [-0.25, -0.2) is 14.3 Å². The minimum Gasteiger partial charge on any atom is -0.385 e. The summed E-state index contributed by atoms with van der Waals surface area (Å²) in [6, 6.07) is 2.09. The molecule has 10 heteroatoms. The van der Waals surface area contributed by atoms with Crippen molar-refractivity contribution in [2.75, 3.05) is 5.32 Å². The molecule has 8 nitrogen and oxygen atoms in total. The van der Waals surface area contributed by atoms with E-state index in [4.69, 9.17) is 5.14 Å². The molecule has 2 unspecified atom stereocenters. The number of nitrogens with zero attached hydrogens (tertiary/aromatic N) is 2. The van der Waals surface area contributed by atoms with Gasteiger partial charge in [0.2, 0.25) is 10.7 Å². The zero-order valence-electron chi connectivity index (χ0n) is 16.3. The Labute approximate surface area is 173 Å². The van der Waals surface area contributed by atoms with E-state index in [9.17, 15) is 19.2 Å². The molecule has 0 bridgehead atoms. The summed E-state index contributed by atoms with van der Waals surface area (Å²) in [5.41, 5.74) is 3.20. The third kappa shape index (κ3) is 3.82. The molecule has 4 rings (SSSR count). The smallest absolute Gasteiger partial charge is 0.233 e. The molecule has 1 aromatic carbocycles. The van der Waals surface area contributed by atoms with Gasteiger partial charge < -0.3 is 15.5 Å². The topological polar surface area (TPSA) is 138 Å². The highest BCUT2D eigenvalue weighted by molar-refractivity contribution is 7.93. The zero-order valence-corrected chi connectivity index (χ0v) is 17.9. The Hall–Kier alpha value is -1.85. The fraction of sp³-hybridized carbons (Fsp3) is 0.474. The summed E-state index contributed by atoms with van der Waals surface area (Å²) in [6.07, 6.45) is 3.71. The van der Waals surface area contributed by atoms with Gasteiger partial charge in [0, 0.05) is 18.2 Å². The second-order valence-electron chi connectivity index (χ2n) is 7.94. The Morgan fingerprint density at radius 1 is 1.31 bits per heavy atom. The Morgan fingerprint density at radius 2 is 2.07 bits per heavy atom. The minimum atomic E-state index is -3.49. The van der Waals surface area contributed by atoms with Crippen LogP contribution in [0, 0.1) is 0 Å². The number of hydrogen-bond donors (Lipinski definition) is 4. The molecule has 0 spiro atoms. The van der Waals surface area contributed by atoms with Gasteiger partial charge in [0.1, 0.15) is 0 Å². The van der Waals surface area contributed by atoms with Gasteiger partial charge in [0.25, 0.3) is 0 Å². The molecular formula is C19H24N4O4S2. The molecule has 2 aliphatic carbocycles. The summed E-state index contributed by atoms with van der Waals surface area (Å²) in [5.74, 6) is 0.0348. The number of aliphatic hydroxyl groups is 2. The molecule has 0 saturated heterocycles. The molecule has 0 amide bonds. The second-order valence-corrected chi connectivity index (χ2v) is 11.0. The lowest BCUT2D eigenvalue weighted by Crippen LogP contribution is -2.24. The Balaban J connectivity index is 1.67. The fourth-order valence-electron chi connectivity index (χ4n) is 3.88. The van der Waals surface area contributed by atoms with Crippen LogP contribution in [0.25, 0.3) is 0 Å². The summed E-state index contributed by atoms with van der Waals surface area (Å²) >= 11 is 0.987. The number of aromatic nitrogens is 1. The average Bonchev–Trinajstić information content (AvgIpc) is 3.33. The average molecular weight is 437 g/mol. The summed E-state index contributed by atoms with van der Waals surface area (Å²) in [6.45, 7) is 3.17. The van der Waals surface area contributed by atoms with Crippen molar-refractivity contribution in [3.8, 4) is 0 Å². The molecule has 2 aliphatic rings. The normalized spacial score (nSPS) is 18.9. The molecule has 0 radical (unpaired) electrons. The number of nitrogens with one attached hydrogen (secondary N) is 1. The number of thiazole rings is 1. The van der Waals surface area contributed by atoms with Crippen molar-refractivity contribution >= 4 is 32.7 Å². The number of carbonyl (C=O) groups is 1. The van der Waals surface area contributed by atoms with Crippen molar-refractivity contribution in [1.82, 2.24) is 4.98 Å². The van der Waals surface area contributed by atoms with Gasteiger partial charge >= 0.3 is 0 Å². The molecule has 156 valence electrons. The fourth-order valence-corrected chi connectivity index (χ4v) is 6.05. The van der Waals surface area contributed by atoms with Crippen LogP contribution in [0.3, 0.4) is 0 Å². The molecule has 5 N–H and O–H groups in total. The quantitative estimate of drug-likeness (QED) is 0.530. The lowest BCUT2D eigenvalue weighted by Gasteiger charge is -2.18. The van der Waals surface area contributed by atoms with E-state index in [0.29, 0.717) is 29.0 Å². The molecular weight excluding hydrogens is 412 g/mol. The van der Waals surface area contributed by atoms with E-state index in [2.05, 4.69) is 20.7 Å². The van der Waals surface area contributed by atoms with Crippen molar-refractivity contribution < 1.29 is 19.2 Å². The molecule has 2 aromatic rings. The lowest BCUT2D eigenvalue weighted by molar-refractivity contribution is 0.0823. The van der Waals surface area contributed by atoms with Crippen molar-refractivity contribution in [2.45, 2.75) is 62.2 Å². The first kappa shape index (κ1) is 20.4. The van der Waals surface area contributed by atoms with Gasteiger partial charge in [-0.1, -0.05) is 6.07 Å². The van der Waals surface area contributed by atoms with Crippen molar-refractivity contribution in [2.24, 2.45) is 9.50 Å². The van der Waals surface area contributed by atoms with E-state index >= 15 is 0 Å². The van der Waals surface area contributed by atoms with Crippen LogP contribution in [-0.2, 0) is 34.8 Å². The molecule has 0 aliphatic heterocycles. The van der Waals surface area contributed by atoms with E-state index < -0.39 is 21.9 Å². The van der Waals surface area contributed by atoms with Gasteiger partial charge in [-0.3, -0.25) is 4.79 Å². The first-order valence-corrected chi connectivity index (χ1v) is 11.8. The van der Waals surface area contributed by atoms with Crippen LogP contribution in [0.15, 0.2) is 21.0 Å². The number of nitrogens with two attached hydrogens (primary N) is 1. The number of fused-ring (bicyclic) bond motifs is 2. The van der Waals surface area contributed by atoms with Gasteiger partial charge in [-0.2, -0.15) is 4.36 Å². The van der Waals surface area contributed by atoms with Crippen LogP contribution in [0.2, 0.25) is 0 Å². The molecule has 0 saturated carbocycles. The van der Waals surface area contributed by atoms with Crippen LogP contribution < -0.4 is 10.5 Å². The van der Waals surface area contributed by atoms with E-state index in [-0.39, 0.29) is 10.1 Å². The standard InChI is InChI=1S/C19H24N4O4S2/c1-19(2,26)14-9-21-18(28-14)29(20,27)23-17(25)22-16-12-5-3-4-10(12)8-11-6-7-13(24)15(11)16/h8-9,17,22,25-26H,3-7H2,1-2H3,(H2,20,23,27). The van der Waals surface area contributed by atoms with Crippen LogP contribution in [-0.4, -0.2) is 31.5 Å². The van der Waals surface area contributed by atoms with E-state index in [1.807, 2.05) is 0 Å². The van der Waals surface area contributed by atoms with Crippen LogP contribution in [0.5, 0.6) is 0 Å². The first-order chi connectivity index (χ1) is 13.6. The summed E-state index contributed by atoms with van der Waals surface area (Å²) in [7, 11) is -3.49. The van der Waals surface area contributed by atoms with Gasteiger partial charge in [0.05, 0.1) is 16.2 Å². The maximum Gasteiger partial charge on any atom is 0.233 e. The highest BCUT2D eigenvalue weighted by Crippen LogP contribution is 2.39. The summed E-state index contributed by atoms with van der Waals surface area (Å²) < 4.78 is 16.7. The zero-order chi connectivity index (χ0) is 21.0. The third-order valence-electron chi connectivity index (χ3n) is 5.25. The van der Waals surface area contributed by atoms with Crippen LogP contribution in [0.4, 0.5) is 5.69 Å². The predicted octanol–water partition coefficient (Wildman–Crippen LogP) is 2.08. The summed E-state index contributed by atoms with van der Waals surface area (Å²) in [4.78, 5) is 16.9. The molecule has 1 heterocycles. The molecule has 29 heavy (non-hydrogen) atoms. The summed E-state index contributed by atoms with van der Waals surface area (Å²) in [5, 5.41) is 29.3. The number of ketones is 1. The largest absolute Gasteiger partial charge is 0.385 e. The minimum absolute atomic E-state index is 0.0232. The number of benzene rings is 1. The highest BCUT2D eigenvalue weighted by atomic mass is 32.2. The molecule has 2 atom stereocenters. The van der Waals surface area contributed by atoms with E-state index in [1.165, 1.54) is 11.8 Å². The van der Waals surface area contributed by atoms with Crippen molar-refractivity contribution in [3.63, 3.8) is 0 Å². The Kier molecular flexibility index (Phi) is 5.02.